The highest BCUT2D eigenvalue weighted by Crippen LogP contribution is 2.22. The van der Waals surface area contributed by atoms with Gasteiger partial charge in [-0.2, -0.15) is 0 Å². The number of Topliss-reactive ketones (excluding diaryl/α,β-unsaturated/α-hetero) is 1. The number of ketones is 1. The smallest absolute Gasteiger partial charge is 0.292 e. The monoisotopic (exact) mass is 259 g/mol. The summed E-state index contributed by atoms with van der Waals surface area (Å²) in [6.45, 7) is 2.70. The van der Waals surface area contributed by atoms with Crippen molar-refractivity contribution < 1.29 is 9.59 Å². The van der Waals surface area contributed by atoms with Crippen LogP contribution in [0.25, 0.3) is 0 Å². The number of carbonyl (C=O) groups excluding carboxylic acids is 2. The van der Waals surface area contributed by atoms with Gasteiger partial charge in [0.05, 0.1) is 0 Å². The van der Waals surface area contributed by atoms with Crippen molar-refractivity contribution in [3.05, 3.63) is 34.9 Å². The molecular formula is C16H21NO2. The Morgan fingerprint density at radius 2 is 1.95 bits per heavy atom. The minimum atomic E-state index is -0.478. The standard InChI is InChI=1S/C16H21NO2/c1-2-3-4-10-17-16(19)15(18)14-9-8-12-6-5-7-13(12)11-14/h8-9,11H,2-7,10H2,1H3,(H,17,19). The summed E-state index contributed by atoms with van der Waals surface area (Å²) >= 11 is 0. The van der Waals surface area contributed by atoms with E-state index >= 15 is 0 Å². The van der Waals surface area contributed by atoms with E-state index in [0.29, 0.717) is 12.1 Å². The summed E-state index contributed by atoms with van der Waals surface area (Å²) in [5.74, 6) is -0.889. The van der Waals surface area contributed by atoms with Crippen LogP contribution in [0.5, 0.6) is 0 Å². The number of unbranched alkanes of at least 4 members (excludes halogenated alkanes) is 2. The summed E-state index contributed by atoms with van der Waals surface area (Å²) in [6.07, 6.45) is 6.37. The lowest BCUT2D eigenvalue weighted by Gasteiger charge is -2.05. The Labute approximate surface area is 114 Å². The number of nitrogens with one attached hydrogen (secondary N) is 1. The zero-order valence-corrected chi connectivity index (χ0v) is 11.5. The van der Waals surface area contributed by atoms with Gasteiger partial charge in [-0.25, -0.2) is 0 Å². The van der Waals surface area contributed by atoms with Gasteiger partial charge in [-0.3, -0.25) is 9.59 Å². The molecule has 0 saturated heterocycles. The molecule has 102 valence electrons. The molecule has 1 aliphatic rings. The number of hydrogen-bond acceptors (Lipinski definition) is 2. The van der Waals surface area contributed by atoms with Crippen LogP contribution in [-0.2, 0) is 17.6 Å². The summed E-state index contributed by atoms with van der Waals surface area (Å²) in [6, 6.07) is 5.65. The van der Waals surface area contributed by atoms with Crippen molar-refractivity contribution in [2.24, 2.45) is 0 Å². The number of rotatable bonds is 6. The fourth-order valence-electron chi connectivity index (χ4n) is 2.50. The van der Waals surface area contributed by atoms with Crippen LogP contribution in [0.15, 0.2) is 18.2 Å². The first kappa shape index (κ1) is 13.8. The Morgan fingerprint density at radius 1 is 1.16 bits per heavy atom. The second-order valence-electron chi connectivity index (χ2n) is 5.13. The normalized spacial score (nSPS) is 13.1. The Kier molecular flexibility index (Phi) is 4.72. The van der Waals surface area contributed by atoms with Crippen LogP contribution < -0.4 is 5.32 Å². The molecule has 0 spiro atoms. The van der Waals surface area contributed by atoms with E-state index < -0.39 is 11.7 Å². The average molecular weight is 259 g/mol. The number of benzene rings is 1. The zero-order valence-electron chi connectivity index (χ0n) is 11.5. The van der Waals surface area contributed by atoms with E-state index in [2.05, 4.69) is 12.2 Å². The molecule has 3 nitrogen and oxygen atoms in total. The van der Waals surface area contributed by atoms with Crippen molar-refractivity contribution >= 4 is 11.7 Å². The van der Waals surface area contributed by atoms with Gasteiger partial charge in [0.15, 0.2) is 0 Å². The molecule has 1 amide bonds. The molecule has 1 N–H and O–H groups in total. The van der Waals surface area contributed by atoms with Crippen LogP contribution in [0.3, 0.4) is 0 Å². The summed E-state index contributed by atoms with van der Waals surface area (Å²) in [5, 5.41) is 2.69. The van der Waals surface area contributed by atoms with Crippen molar-refractivity contribution in [1.29, 1.82) is 0 Å². The van der Waals surface area contributed by atoms with E-state index in [1.54, 1.807) is 6.07 Å². The first-order valence-corrected chi connectivity index (χ1v) is 7.16. The molecule has 0 unspecified atom stereocenters. The molecule has 1 aliphatic carbocycles. The van der Waals surface area contributed by atoms with Crippen molar-refractivity contribution in [3.63, 3.8) is 0 Å². The molecule has 0 bridgehead atoms. The lowest BCUT2D eigenvalue weighted by atomic mass is 10.0. The Morgan fingerprint density at radius 3 is 2.74 bits per heavy atom. The van der Waals surface area contributed by atoms with Crippen molar-refractivity contribution in [3.8, 4) is 0 Å². The highest BCUT2D eigenvalue weighted by atomic mass is 16.2. The highest BCUT2D eigenvalue weighted by molar-refractivity contribution is 6.42. The van der Waals surface area contributed by atoms with Crippen LogP contribution in [0.2, 0.25) is 0 Å². The van der Waals surface area contributed by atoms with E-state index in [9.17, 15) is 9.59 Å². The number of fused-ring (bicyclic) bond motifs is 1. The molecule has 0 aliphatic heterocycles. The van der Waals surface area contributed by atoms with Gasteiger partial charge in [-0.15, -0.1) is 0 Å². The lowest BCUT2D eigenvalue weighted by Crippen LogP contribution is -2.31. The number of aryl methyl sites for hydroxylation is 2. The van der Waals surface area contributed by atoms with Gasteiger partial charge in [0.1, 0.15) is 0 Å². The molecule has 0 fully saturated rings. The van der Waals surface area contributed by atoms with Gasteiger partial charge < -0.3 is 5.32 Å². The molecule has 0 aromatic heterocycles. The van der Waals surface area contributed by atoms with Gasteiger partial charge >= 0.3 is 0 Å². The lowest BCUT2D eigenvalue weighted by molar-refractivity contribution is -0.117. The van der Waals surface area contributed by atoms with Gasteiger partial charge in [-0.05, 0) is 42.9 Å². The Bertz CT molecular complexity index is 480. The maximum absolute atomic E-state index is 12.0. The first-order valence-electron chi connectivity index (χ1n) is 7.16. The molecule has 1 aromatic rings. The second-order valence-corrected chi connectivity index (χ2v) is 5.13. The van der Waals surface area contributed by atoms with Crippen LogP contribution in [-0.4, -0.2) is 18.2 Å². The van der Waals surface area contributed by atoms with Gasteiger partial charge in [0.2, 0.25) is 5.78 Å². The Hall–Kier alpha value is -1.64. The third-order valence-electron chi connectivity index (χ3n) is 3.63. The average Bonchev–Trinajstić information content (AvgIpc) is 2.89. The largest absolute Gasteiger partial charge is 0.349 e. The van der Waals surface area contributed by atoms with Crippen molar-refractivity contribution in [2.75, 3.05) is 6.54 Å². The van der Waals surface area contributed by atoms with Gasteiger partial charge in [0, 0.05) is 12.1 Å². The Balaban J connectivity index is 1.93. The summed E-state index contributed by atoms with van der Waals surface area (Å²) in [4.78, 5) is 23.7. The molecule has 3 heteroatoms. The van der Waals surface area contributed by atoms with E-state index in [4.69, 9.17) is 0 Å². The maximum atomic E-state index is 12.0. The van der Waals surface area contributed by atoms with Crippen molar-refractivity contribution in [1.82, 2.24) is 5.32 Å². The fourth-order valence-corrected chi connectivity index (χ4v) is 2.50. The van der Waals surface area contributed by atoms with Crippen molar-refractivity contribution in [2.45, 2.75) is 45.4 Å². The predicted octanol–water partition coefficient (Wildman–Crippen LogP) is 2.66. The topological polar surface area (TPSA) is 46.2 Å². The van der Waals surface area contributed by atoms with E-state index in [1.807, 2.05) is 12.1 Å². The molecule has 1 aromatic carbocycles. The quantitative estimate of drug-likeness (QED) is 0.485. The maximum Gasteiger partial charge on any atom is 0.292 e. The van der Waals surface area contributed by atoms with Crippen LogP contribution in [0.4, 0.5) is 0 Å². The van der Waals surface area contributed by atoms with Gasteiger partial charge in [0.25, 0.3) is 5.91 Å². The molecule has 0 radical (unpaired) electrons. The van der Waals surface area contributed by atoms with Crippen LogP contribution in [0, 0.1) is 0 Å². The summed E-state index contributed by atoms with van der Waals surface area (Å²) in [5.41, 5.74) is 3.07. The van der Waals surface area contributed by atoms with E-state index in [1.165, 1.54) is 11.1 Å². The van der Waals surface area contributed by atoms with E-state index in [-0.39, 0.29) is 0 Å². The zero-order chi connectivity index (χ0) is 13.7. The number of amides is 1. The fraction of sp³-hybridized carbons (Fsp3) is 0.500. The van der Waals surface area contributed by atoms with Crippen LogP contribution in [0.1, 0.15) is 54.1 Å². The molecule has 19 heavy (non-hydrogen) atoms. The molecule has 0 saturated carbocycles. The molecule has 0 heterocycles. The SMILES string of the molecule is CCCCCNC(=O)C(=O)c1ccc2c(c1)CCC2. The van der Waals surface area contributed by atoms with Gasteiger partial charge in [-0.1, -0.05) is 31.9 Å². The van der Waals surface area contributed by atoms with Crippen LogP contribution >= 0.6 is 0 Å². The highest BCUT2D eigenvalue weighted by Gasteiger charge is 2.18. The minimum absolute atomic E-state index is 0.411. The minimum Gasteiger partial charge on any atom is -0.349 e. The molecule has 2 rings (SSSR count). The number of hydrogen-bond donors (Lipinski definition) is 1. The summed E-state index contributed by atoms with van der Waals surface area (Å²) < 4.78 is 0. The third kappa shape index (κ3) is 3.43. The number of carbonyl (C=O) groups is 2. The molecular weight excluding hydrogens is 238 g/mol. The predicted molar refractivity (Wildman–Crippen MR) is 75.3 cm³/mol. The second kappa shape index (κ2) is 6.50. The molecule has 0 atom stereocenters. The third-order valence-corrected chi connectivity index (χ3v) is 3.63. The summed E-state index contributed by atoms with van der Waals surface area (Å²) in [7, 11) is 0. The van der Waals surface area contributed by atoms with E-state index in [0.717, 1.165) is 38.5 Å². The first-order chi connectivity index (χ1) is 9.22.